The summed E-state index contributed by atoms with van der Waals surface area (Å²) in [4.78, 5) is 10.9. The number of rotatable bonds is 2. The van der Waals surface area contributed by atoms with Crippen LogP contribution in [0.1, 0.15) is 25.7 Å². The van der Waals surface area contributed by atoms with Crippen LogP contribution in [0, 0.1) is 12.3 Å². The number of Topliss-reactive ketones (excluding diaryl/α,β-unsaturated/α-hetero) is 1. The van der Waals surface area contributed by atoms with Crippen LogP contribution in [0.2, 0.25) is 0 Å². The Labute approximate surface area is 61.1 Å². The fourth-order valence-corrected chi connectivity index (χ4v) is 1.10. The van der Waals surface area contributed by atoms with E-state index in [0.717, 1.165) is 18.4 Å². The van der Waals surface area contributed by atoms with Crippen molar-refractivity contribution in [1.29, 1.82) is 0 Å². The lowest BCUT2D eigenvalue weighted by molar-refractivity contribution is -0.115. The highest BCUT2D eigenvalue weighted by Gasteiger charge is 2.12. The lowest BCUT2D eigenvalue weighted by atomic mass is 10.1. The fraction of sp³-hybridized carbons (Fsp3) is 0.444. The van der Waals surface area contributed by atoms with Crippen LogP contribution >= 0.6 is 0 Å². The largest absolute Gasteiger partial charge is 0.295 e. The summed E-state index contributed by atoms with van der Waals surface area (Å²) in [6.45, 7) is 0. The second kappa shape index (κ2) is 3.22. The minimum Gasteiger partial charge on any atom is -0.295 e. The summed E-state index contributed by atoms with van der Waals surface area (Å²) in [6.07, 6.45) is 10.1. The van der Waals surface area contributed by atoms with Crippen LogP contribution < -0.4 is 0 Å². The fourth-order valence-electron chi connectivity index (χ4n) is 1.10. The highest BCUT2D eigenvalue weighted by molar-refractivity contribution is 5.97. The molecule has 0 saturated carbocycles. The average Bonchev–Trinajstić information content (AvgIpc) is 2.31. The molecule has 0 spiro atoms. The molecular weight excluding hydrogens is 124 g/mol. The highest BCUT2D eigenvalue weighted by Crippen LogP contribution is 2.17. The van der Waals surface area contributed by atoms with Gasteiger partial charge in [0, 0.05) is 12.8 Å². The van der Waals surface area contributed by atoms with Gasteiger partial charge in [-0.2, -0.15) is 0 Å². The van der Waals surface area contributed by atoms with Gasteiger partial charge in [0.25, 0.3) is 0 Å². The normalized spacial score (nSPS) is 16.7. The molecule has 0 aromatic heterocycles. The maximum Gasteiger partial charge on any atom is 0.158 e. The van der Waals surface area contributed by atoms with Crippen LogP contribution in [0.5, 0.6) is 0 Å². The molecule has 0 saturated heterocycles. The molecule has 52 valence electrons. The van der Waals surface area contributed by atoms with E-state index in [-0.39, 0.29) is 5.78 Å². The second-order valence-electron chi connectivity index (χ2n) is 2.40. The molecule has 0 amide bonds. The van der Waals surface area contributed by atoms with Crippen LogP contribution in [-0.2, 0) is 4.79 Å². The van der Waals surface area contributed by atoms with Crippen molar-refractivity contribution < 1.29 is 4.79 Å². The van der Waals surface area contributed by atoms with Gasteiger partial charge in [-0.3, -0.25) is 4.79 Å². The Balaban J connectivity index is 2.42. The smallest absolute Gasteiger partial charge is 0.158 e. The molecule has 0 N–H and O–H groups in total. The number of allylic oxidation sites excluding steroid dienone is 2. The summed E-state index contributed by atoms with van der Waals surface area (Å²) < 4.78 is 0. The van der Waals surface area contributed by atoms with E-state index in [4.69, 9.17) is 6.42 Å². The molecule has 0 heterocycles. The van der Waals surface area contributed by atoms with Crippen LogP contribution in [0.25, 0.3) is 0 Å². The summed E-state index contributed by atoms with van der Waals surface area (Å²) in [7, 11) is 0. The molecular formula is C9H10O. The predicted octanol–water partition coefficient (Wildman–Crippen LogP) is 1.69. The van der Waals surface area contributed by atoms with E-state index in [1.807, 2.05) is 6.08 Å². The quantitative estimate of drug-likeness (QED) is 0.525. The average molecular weight is 134 g/mol. The number of hydrogen-bond acceptors (Lipinski definition) is 1. The minimum absolute atomic E-state index is 0.287. The summed E-state index contributed by atoms with van der Waals surface area (Å²) in [5.41, 5.74) is 0.943. The second-order valence-corrected chi connectivity index (χ2v) is 2.40. The van der Waals surface area contributed by atoms with Crippen molar-refractivity contribution >= 4 is 5.78 Å². The maximum absolute atomic E-state index is 10.9. The van der Waals surface area contributed by atoms with Crippen molar-refractivity contribution in [3.63, 3.8) is 0 Å². The van der Waals surface area contributed by atoms with Gasteiger partial charge in [-0.1, -0.05) is 6.08 Å². The Morgan fingerprint density at radius 3 is 3.00 bits per heavy atom. The van der Waals surface area contributed by atoms with E-state index < -0.39 is 0 Å². The first-order chi connectivity index (χ1) is 4.84. The van der Waals surface area contributed by atoms with Gasteiger partial charge in [-0.15, -0.1) is 12.3 Å². The Kier molecular flexibility index (Phi) is 2.28. The molecule has 0 unspecified atom stereocenters. The molecule has 1 nitrogen and oxygen atoms in total. The molecule has 0 atom stereocenters. The molecule has 1 rings (SSSR count). The molecule has 0 aliphatic heterocycles. The summed E-state index contributed by atoms with van der Waals surface area (Å²) in [5, 5.41) is 0. The molecule has 0 aromatic rings. The number of carbonyl (C=O) groups excluding carboxylic acids is 1. The van der Waals surface area contributed by atoms with E-state index in [9.17, 15) is 4.79 Å². The van der Waals surface area contributed by atoms with Gasteiger partial charge in [-0.05, 0) is 18.4 Å². The number of ketones is 1. The topological polar surface area (TPSA) is 17.1 Å². The minimum atomic E-state index is 0.287. The van der Waals surface area contributed by atoms with Gasteiger partial charge in [0.15, 0.2) is 5.78 Å². The Morgan fingerprint density at radius 1 is 1.70 bits per heavy atom. The van der Waals surface area contributed by atoms with Crippen molar-refractivity contribution in [3.8, 4) is 12.3 Å². The zero-order chi connectivity index (χ0) is 7.40. The first-order valence-corrected chi connectivity index (χ1v) is 3.50. The van der Waals surface area contributed by atoms with Crippen LogP contribution in [0.3, 0.4) is 0 Å². The van der Waals surface area contributed by atoms with E-state index in [2.05, 4.69) is 5.92 Å². The molecule has 0 aromatic carbocycles. The van der Waals surface area contributed by atoms with E-state index in [1.165, 1.54) is 0 Å². The first kappa shape index (κ1) is 7.08. The van der Waals surface area contributed by atoms with Gasteiger partial charge in [0.05, 0.1) is 0 Å². The van der Waals surface area contributed by atoms with E-state index >= 15 is 0 Å². The monoisotopic (exact) mass is 134 g/mol. The number of hydrogen-bond donors (Lipinski definition) is 0. The molecule has 0 bridgehead atoms. The molecule has 10 heavy (non-hydrogen) atoms. The molecule has 1 heteroatoms. The van der Waals surface area contributed by atoms with Crippen molar-refractivity contribution in [2.75, 3.05) is 0 Å². The third kappa shape index (κ3) is 1.48. The summed E-state index contributed by atoms with van der Waals surface area (Å²) >= 11 is 0. The van der Waals surface area contributed by atoms with Crippen LogP contribution in [0.4, 0.5) is 0 Å². The van der Waals surface area contributed by atoms with E-state index in [0.29, 0.717) is 12.8 Å². The van der Waals surface area contributed by atoms with Crippen molar-refractivity contribution in [1.82, 2.24) is 0 Å². The molecule has 0 fully saturated rings. The van der Waals surface area contributed by atoms with Gasteiger partial charge in [-0.25, -0.2) is 0 Å². The summed E-state index contributed by atoms with van der Waals surface area (Å²) in [5.74, 6) is 2.81. The molecule has 1 aliphatic carbocycles. The standard InChI is InChI=1S/C9H10O/c1-2-3-5-8-6-4-7-9(8)10/h1,6H,3-5,7H2. The van der Waals surface area contributed by atoms with Gasteiger partial charge in [0.1, 0.15) is 0 Å². The predicted molar refractivity (Wildman–Crippen MR) is 40.4 cm³/mol. The Bertz CT molecular complexity index is 205. The molecule has 1 aliphatic rings. The zero-order valence-electron chi connectivity index (χ0n) is 5.89. The zero-order valence-corrected chi connectivity index (χ0v) is 5.89. The number of terminal acetylenes is 1. The van der Waals surface area contributed by atoms with Gasteiger partial charge in [0.2, 0.25) is 0 Å². The number of carbonyl (C=O) groups is 1. The summed E-state index contributed by atoms with van der Waals surface area (Å²) in [6, 6.07) is 0. The van der Waals surface area contributed by atoms with Crippen molar-refractivity contribution in [2.24, 2.45) is 0 Å². The highest BCUT2D eigenvalue weighted by atomic mass is 16.1. The maximum atomic E-state index is 10.9. The third-order valence-electron chi connectivity index (χ3n) is 1.66. The Morgan fingerprint density at radius 2 is 2.50 bits per heavy atom. The van der Waals surface area contributed by atoms with Crippen molar-refractivity contribution in [3.05, 3.63) is 11.6 Å². The lowest BCUT2D eigenvalue weighted by Gasteiger charge is -1.93. The SMILES string of the molecule is C#CCCC1=CCCC1=O. The van der Waals surface area contributed by atoms with Gasteiger partial charge >= 0.3 is 0 Å². The van der Waals surface area contributed by atoms with Gasteiger partial charge < -0.3 is 0 Å². The Hall–Kier alpha value is -1.03. The van der Waals surface area contributed by atoms with Crippen LogP contribution in [-0.4, -0.2) is 5.78 Å². The third-order valence-corrected chi connectivity index (χ3v) is 1.66. The van der Waals surface area contributed by atoms with Crippen molar-refractivity contribution in [2.45, 2.75) is 25.7 Å². The van der Waals surface area contributed by atoms with Crippen LogP contribution in [0.15, 0.2) is 11.6 Å². The molecule has 0 radical (unpaired) electrons. The first-order valence-electron chi connectivity index (χ1n) is 3.50. The lowest BCUT2D eigenvalue weighted by Crippen LogP contribution is -1.94. The van der Waals surface area contributed by atoms with E-state index in [1.54, 1.807) is 0 Å².